The third-order valence-electron chi connectivity index (χ3n) is 4.12. The number of hydrogen-bond donors (Lipinski definition) is 2. The van der Waals surface area contributed by atoms with Gasteiger partial charge in [-0.1, -0.05) is 23.9 Å². The molecule has 0 aliphatic carbocycles. The normalized spacial score (nSPS) is 14.6. The molecule has 0 fully saturated rings. The Labute approximate surface area is 160 Å². The maximum Gasteiger partial charge on any atom is 0.343 e. The first-order chi connectivity index (χ1) is 13.0. The maximum atomic E-state index is 13.0. The first kappa shape index (κ1) is 19.2. The molecule has 9 nitrogen and oxygen atoms in total. The Balaban J connectivity index is 1.76. The van der Waals surface area contributed by atoms with Gasteiger partial charge in [-0.3, -0.25) is 19.1 Å². The predicted octanol–water partition coefficient (Wildman–Crippen LogP) is 1.07. The quantitative estimate of drug-likeness (QED) is 0.540. The zero-order valence-corrected chi connectivity index (χ0v) is 15.9. The molecule has 1 aromatic carbocycles. The number of amides is 2. The number of H-pyrrole nitrogens is 1. The van der Waals surface area contributed by atoms with Crippen LogP contribution in [0.25, 0.3) is 0 Å². The molecule has 0 saturated heterocycles. The summed E-state index contributed by atoms with van der Waals surface area (Å²) in [5.41, 5.74) is 0.945. The lowest BCUT2D eigenvalue weighted by Gasteiger charge is -2.30. The Hall–Kier alpha value is -2.59. The van der Waals surface area contributed by atoms with Gasteiger partial charge in [-0.2, -0.15) is 0 Å². The minimum Gasteiger partial charge on any atom is -0.385 e. The Morgan fingerprint density at radius 1 is 1.37 bits per heavy atom. The van der Waals surface area contributed by atoms with E-state index in [0.29, 0.717) is 36.1 Å². The van der Waals surface area contributed by atoms with Crippen LogP contribution in [0.5, 0.6) is 0 Å². The fourth-order valence-electron chi connectivity index (χ4n) is 2.82. The summed E-state index contributed by atoms with van der Waals surface area (Å²) < 4.78 is 6.50. The fourth-order valence-corrected chi connectivity index (χ4v) is 3.76. The van der Waals surface area contributed by atoms with Crippen molar-refractivity contribution >= 4 is 35.0 Å². The molecule has 0 radical (unpaired) electrons. The van der Waals surface area contributed by atoms with Crippen LogP contribution in [0.15, 0.2) is 34.2 Å². The lowest BCUT2D eigenvalue weighted by Crippen LogP contribution is -2.45. The molecule has 0 unspecified atom stereocenters. The first-order valence-corrected chi connectivity index (χ1v) is 9.40. The van der Waals surface area contributed by atoms with Gasteiger partial charge in [-0.05, 0) is 25.5 Å². The molecule has 2 amide bonds. The van der Waals surface area contributed by atoms with E-state index in [9.17, 15) is 14.4 Å². The van der Waals surface area contributed by atoms with Crippen molar-refractivity contribution in [3.8, 4) is 0 Å². The van der Waals surface area contributed by atoms with Crippen LogP contribution in [0, 0.1) is 0 Å². The number of aromatic amines is 1. The van der Waals surface area contributed by atoms with Gasteiger partial charge in [0.15, 0.2) is 5.16 Å². The van der Waals surface area contributed by atoms with Gasteiger partial charge in [0.25, 0.3) is 0 Å². The number of nitrogens with zero attached hydrogens (tertiary/aromatic N) is 3. The number of aromatic nitrogens is 3. The highest BCUT2D eigenvalue weighted by molar-refractivity contribution is 8.00. The van der Waals surface area contributed by atoms with Crippen LogP contribution in [0.4, 0.5) is 11.4 Å². The Morgan fingerprint density at radius 3 is 2.93 bits per heavy atom. The van der Waals surface area contributed by atoms with Crippen LogP contribution in [0.3, 0.4) is 0 Å². The number of methoxy groups -OCH3 is 1. The van der Waals surface area contributed by atoms with Gasteiger partial charge in [0.1, 0.15) is 6.54 Å². The fraction of sp³-hybridized carbons (Fsp3) is 0.412. The molecule has 1 aromatic heterocycles. The van der Waals surface area contributed by atoms with Crippen molar-refractivity contribution in [2.75, 3.05) is 30.5 Å². The van der Waals surface area contributed by atoms with Crippen LogP contribution in [-0.2, 0) is 20.9 Å². The molecular weight excluding hydrogens is 370 g/mol. The largest absolute Gasteiger partial charge is 0.385 e. The number of carbonyl (C=O) groups excluding carboxylic acids is 2. The van der Waals surface area contributed by atoms with Crippen molar-refractivity contribution < 1.29 is 14.3 Å². The smallest absolute Gasteiger partial charge is 0.343 e. The van der Waals surface area contributed by atoms with E-state index in [1.54, 1.807) is 32.2 Å². The second-order valence-electron chi connectivity index (χ2n) is 6.06. The van der Waals surface area contributed by atoms with Gasteiger partial charge < -0.3 is 10.1 Å². The van der Waals surface area contributed by atoms with Crippen LogP contribution in [0.2, 0.25) is 0 Å². The zero-order valence-electron chi connectivity index (χ0n) is 15.1. The molecule has 2 heterocycles. The lowest BCUT2D eigenvalue weighted by atomic mass is 10.2. The van der Waals surface area contributed by atoms with Crippen molar-refractivity contribution in [1.82, 2.24) is 14.8 Å². The van der Waals surface area contributed by atoms with E-state index in [1.165, 1.54) is 21.2 Å². The van der Waals surface area contributed by atoms with E-state index in [2.05, 4.69) is 15.5 Å². The van der Waals surface area contributed by atoms with E-state index >= 15 is 0 Å². The minimum absolute atomic E-state index is 0.0397. The molecule has 1 aliphatic rings. The van der Waals surface area contributed by atoms with Gasteiger partial charge in [-0.25, -0.2) is 9.89 Å². The summed E-state index contributed by atoms with van der Waals surface area (Å²) in [6.45, 7) is 2.67. The van der Waals surface area contributed by atoms with Crippen molar-refractivity contribution in [2.45, 2.75) is 30.3 Å². The Kier molecular flexibility index (Phi) is 5.97. The van der Waals surface area contributed by atoms with Crippen molar-refractivity contribution in [3.05, 3.63) is 34.7 Å². The number of fused-ring (bicyclic) bond motifs is 1. The third-order valence-corrected chi connectivity index (χ3v) is 5.20. The molecule has 144 valence electrons. The van der Waals surface area contributed by atoms with Crippen LogP contribution in [-0.4, -0.2) is 52.1 Å². The van der Waals surface area contributed by atoms with E-state index in [-0.39, 0.29) is 24.0 Å². The van der Waals surface area contributed by atoms with Gasteiger partial charge in [-0.15, -0.1) is 5.10 Å². The molecule has 10 heteroatoms. The number of ether oxygens (including phenoxy) is 1. The summed E-state index contributed by atoms with van der Waals surface area (Å²) in [7, 11) is 1.60. The van der Waals surface area contributed by atoms with Gasteiger partial charge >= 0.3 is 5.69 Å². The van der Waals surface area contributed by atoms with Crippen LogP contribution in [0.1, 0.15) is 13.3 Å². The van der Waals surface area contributed by atoms with Gasteiger partial charge in [0.05, 0.1) is 16.6 Å². The third kappa shape index (κ3) is 4.22. The van der Waals surface area contributed by atoms with Crippen molar-refractivity contribution in [1.29, 1.82) is 0 Å². The summed E-state index contributed by atoms with van der Waals surface area (Å²) >= 11 is 1.18. The SMILES string of the molecule is COCCCn1c(S[C@@H](C)C(=O)N2CC(=O)Nc3ccccc32)n[nH]c1=O. The summed E-state index contributed by atoms with van der Waals surface area (Å²) in [5.74, 6) is -0.461. The number of hydrogen-bond acceptors (Lipinski definition) is 6. The molecule has 0 spiro atoms. The highest BCUT2D eigenvalue weighted by Gasteiger charge is 2.30. The second-order valence-corrected chi connectivity index (χ2v) is 7.37. The number of carbonyl (C=O) groups is 2. The Bertz CT molecular complexity index is 893. The molecule has 2 aromatic rings. The summed E-state index contributed by atoms with van der Waals surface area (Å²) in [5, 5.41) is 9.11. The van der Waals surface area contributed by atoms with Gasteiger partial charge in [0, 0.05) is 20.3 Å². The lowest BCUT2D eigenvalue weighted by molar-refractivity contribution is -0.121. The number of anilines is 2. The molecule has 1 aliphatic heterocycles. The number of rotatable bonds is 7. The first-order valence-electron chi connectivity index (χ1n) is 8.52. The minimum atomic E-state index is -0.527. The molecular formula is C17H21N5O4S. The van der Waals surface area contributed by atoms with Crippen molar-refractivity contribution in [3.63, 3.8) is 0 Å². The number of benzene rings is 1. The van der Waals surface area contributed by atoms with Crippen LogP contribution >= 0.6 is 11.8 Å². The number of para-hydroxylation sites is 2. The average molecular weight is 391 g/mol. The molecule has 1 atom stereocenters. The standard InChI is InChI=1S/C17H21N5O4S/c1-11(27-17-20-19-16(25)21(17)8-5-9-26-2)15(24)22-10-14(23)18-12-6-3-4-7-13(12)22/h3-4,6-7,11H,5,8-10H2,1-2H3,(H,18,23)(H,19,25)/t11-/m0/s1. The number of nitrogens with one attached hydrogen (secondary N) is 2. The van der Waals surface area contributed by atoms with E-state index < -0.39 is 5.25 Å². The molecule has 27 heavy (non-hydrogen) atoms. The topological polar surface area (TPSA) is 109 Å². The summed E-state index contributed by atoms with van der Waals surface area (Å²) in [6.07, 6.45) is 0.658. The van der Waals surface area contributed by atoms with Gasteiger partial charge in [0.2, 0.25) is 11.8 Å². The molecule has 0 bridgehead atoms. The highest BCUT2D eigenvalue weighted by Crippen LogP contribution is 2.31. The predicted molar refractivity (Wildman–Crippen MR) is 102 cm³/mol. The molecule has 0 saturated carbocycles. The number of thioether (sulfide) groups is 1. The maximum absolute atomic E-state index is 13.0. The summed E-state index contributed by atoms with van der Waals surface area (Å²) in [4.78, 5) is 38.3. The zero-order chi connectivity index (χ0) is 19.4. The van der Waals surface area contributed by atoms with Crippen LogP contribution < -0.4 is 15.9 Å². The molecule has 3 rings (SSSR count). The Morgan fingerprint density at radius 2 is 2.15 bits per heavy atom. The average Bonchev–Trinajstić information content (AvgIpc) is 3.00. The van der Waals surface area contributed by atoms with Crippen molar-refractivity contribution in [2.24, 2.45) is 0 Å². The monoisotopic (exact) mass is 391 g/mol. The van der Waals surface area contributed by atoms with E-state index in [1.807, 2.05) is 6.07 Å². The second kappa shape index (κ2) is 8.40. The van der Waals surface area contributed by atoms with E-state index in [0.717, 1.165) is 0 Å². The van der Waals surface area contributed by atoms with E-state index in [4.69, 9.17) is 4.74 Å². The summed E-state index contributed by atoms with van der Waals surface area (Å²) in [6, 6.07) is 7.16. The highest BCUT2D eigenvalue weighted by atomic mass is 32.2. The molecule has 2 N–H and O–H groups in total.